The predicted octanol–water partition coefficient (Wildman–Crippen LogP) is 3.01. The Balaban J connectivity index is 1.85. The first-order valence-electron chi connectivity index (χ1n) is 9.13. The van der Waals surface area contributed by atoms with Crippen molar-refractivity contribution in [1.82, 2.24) is 24.7 Å². The molecule has 0 bridgehead atoms. The molecule has 0 saturated heterocycles. The number of aryl methyl sites for hydroxylation is 3. The third kappa shape index (κ3) is 3.02. The van der Waals surface area contributed by atoms with E-state index in [-0.39, 0.29) is 0 Å². The molecule has 3 heterocycles. The fourth-order valence-electron chi connectivity index (χ4n) is 3.42. The Morgan fingerprint density at radius 2 is 2.00 bits per heavy atom. The van der Waals surface area contributed by atoms with Crippen LogP contribution in [0.3, 0.4) is 0 Å². The number of unbranched alkanes of at least 4 members (excludes halogenated alkanes) is 1. The Labute approximate surface area is 156 Å². The Kier molecular flexibility index (Phi) is 4.49. The average Bonchev–Trinajstić information content (AvgIpc) is 3.21. The number of rotatable bonds is 6. The zero-order valence-corrected chi connectivity index (χ0v) is 15.8. The molecule has 8 nitrogen and oxygen atoms in total. The summed E-state index contributed by atoms with van der Waals surface area (Å²) in [5.41, 5.74) is 11.1. The highest BCUT2D eigenvalue weighted by molar-refractivity contribution is 5.87. The molecular formula is C19H23N7O. The van der Waals surface area contributed by atoms with E-state index in [1.165, 1.54) is 0 Å². The molecule has 140 valence electrons. The lowest BCUT2D eigenvalue weighted by molar-refractivity contribution is 0.393. The van der Waals surface area contributed by atoms with Crippen LogP contribution in [0, 0.1) is 20.8 Å². The van der Waals surface area contributed by atoms with E-state index < -0.39 is 0 Å². The predicted molar refractivity (Wildman–Crippen MR) is 105 cm³/mol. The molecule has 0 amide bonds. The van der Waals surface area contributed by atoms with Crippen LogP contribution >= 0.6 is 0 Å². The number of nitrogens with two attached hydrogens (primary N) is 1. The molecule has 4 aromatic rings. The lowest BCUT2D eigenvalue weighted by Crippen LogP contribution is -2.09. The molecule has 0 saturated carbocycles. The summed E-state index contributed by atoms with van der Waals surface area (Å²) in [5, 5.41) is 16.0. The van der Waals surface area contributed by atoms with Crippen LogP contribution in [0.25, 0.3) is 27.8 Å². The number of hydrogen-bond acceptors (Lipinski definition) is 7. The molecule has 4 rings (SSSR count). The third-order valence-corrected chi connectivity index (χ3v) is 4.73. The van der Waals surface area contributed by atoms with Crippen LogP contribution in [0.15, 0.2) is 22.7 Å². The van der Waals surface area contributed by atoms with Gasteiger partial charge in [0.2, 0.25) is 5.65 Å². The second-order valence-corrected chi connectivity index (χ2v) is 6.69. The molecule has 1 aromatic carbocycles. The van der Waals surface area contributed by atoms with E-state index >= 15 is 0 Å². The van der Waals surface area contributed by atoms with E-state index in [1.54, 1.807) is 0 Å². The van der Waals surface area contributed by atoms with Gasteiger partial charge in [0, 0.05) is 12.1 Å². The van der Waals surface area contributed by atoms with Gasteiger partial charge in [0.15, 0.2) is 5.82 Å². The minimum atomic E-state index is 0.688. The highest BCUT2D eigenvalue weighted by Gasteiger charge is 2.16. The molecule has 3 N–H and O–H groups in total. The summed E-state index contributed by atoms with van der Waals surface area (Å²) in [6, 6.07) is 6.17. The molecule has 0 radical (unpaired) electrons. The molecule has 0 unspecified atom stereocenters. The van der Waals surface area contributed by atoms with Crippen LogP contribution in [0.1, 0.15) is 30.1 Å². The van der Waals surface area contributed by atoms with Gasteiger partial charge in [-0.15, -0.1) is 10.2 Å². The topological polar surface area (TPSA) is 107 Å². The Morgan fingerprint density at radius 1 is 1.15 bits per heavy atom. The smallest absolute Gasteiger partial charge is 0.204 e. The molecule has 8 heteroatoms. The van der Waals surface area contributed by atoms with E-state index in [0.717, 1.165) is 70.3 Å². The standard InChI is InChI=1S/C19H23N7O/c1-11-17(12(2)27-25-11)14-6-7-16-15(10-14)22-18(21-9-5-4-8-20)19-24-23-13(3)26(16)19/h6-7,10H,4-5,8-9,20H2,1-3H3,(H,21,22). The van der Waals surface area contributed by atoms with E-state index in [9.17, 15) is 0 Å². The van der Waals surface area contributed by atoms with Crippen LogP contribution in [-0.4, -0.2) is 37.8 Å². The molecule has 0 atom stereocenters. The minimum absolute atomic E-state index is 0.688. The first-order valence-corrected chi connectivity index (χ1v) is 9.13. The Morgan fingerprint density at radius 3 is 2.74 bits per heavy atom. The molecule has 0 spiro atoms. The number of anilines is 1. The molecule has 0 aliphatic heterocycles. The monoisotopic (exact) mass is 365 g/mol. The van der Waals surface area contributed by atoms with Gasteiger partial charge in [-0.2, -0.15) is 0 Å². The van der Waals surface area contributed by atoms with Gasteiger partial charge in [0.1, 0.15) is 11.6 Å². The van der Waals surface area contributed by atoms with Gasteiger partial charge in [0.05, 0.1) is 16.7 Å². The van der Waals surface area contributed by atoms with E-state index in [2.05, 4.69) is 32.8 Å². The Bertz CT molecular complexity index is 1090. The fourth-order valence-corrected chi connectivity index (χ4v) is 3.42. The normalized spacial score (nSPS) is 11.6. The van der Waals surface area contributed by atoms with Gasteiger partial charge in [0.25, 0.3) is 0 Å². The summed E-state index contributed by atoms with van der Waals surface area (Å²) in [6.07, 6.45) is 1.95. The van der Waals surface area contributed by atoms with Gasteiger partial charge >= 0.3 is 0 Å². The van der Waals surface area contributed by atoms with Gasteiger partial charge < -0.3 is 15.6 Å². The van der Waals surface area contributed by atoms with Crippen molar-refractivity contribution >= 4 is 22.5 Å². The van der Waals surface area contributed by atoms with Crippen molar-refractivity contribution in [2.45, 2.75) is 33.6 Å². The summed E-state index contributed by atoms with van der Waals surface area (Å²) in [6.45, 7) is 7.29. The quantitative estimate of drug-likeness (QED) is 0.506. The molecule has 0 fully saturated rings. The summed E-state index contributed by atoms with van der Waals surface area (Å²) in [7, 11) is 0. The number of hydrogen-bond donors (Lipinski definition) is 2. The third-order valence-electron chi connectivity index (χ3n) is 4.73. The van der Waals surface area contributed by atoms with E-state index in [1.807, 2.05) is 31.2 Å². The summed E-state index contributed by atoms with van der Waals surface area (Å²) >= 11 is 0. The second kappa shape index (κ2) is 6.96. The maximum absolute atomic E-state index is 5.58. The van der Waals surface area contributed by atoms with Gasteiger partial charge in [-0.1, -0.05) is 11.2 Å². The lowest BCUT2D eigenvalue weighted by Gasteiger charge is -2.11. The maximum Gasteiger partial charge on any atom is 0.204 e. The summed E-state index contributed by atoms with van der Waals surface area (Å²) < 4.78 is 7.35. The molecule has 3 aromatic heterocycles. The number of nitrogens with zero attached hydrogens (tertiary/aromatic N) is 5. The summed E-state index contributed by atoms with van der Waals surface area (Å²) in [5.74, 6) is 2.36. The van der Waals surface area contributed by atoms with Crippen molar-refractivity contribution in [3.63, 3.8) is 0 Å². The van der Waals surface area contributed by atoms with E-state index in [0.29, 0.717) is 6.54 Å². The van der Waals surface area contributed by atoms with E-state index in [4.69, 9.17) is 15.2 Å². The van der Waals surface area contributed by atoms with Crippen LogP contribution in [-0.2, 0) is 0 Å². The summed E-state index contributed by atoms with van der Waals surface area (Å²) in [4.78, 5) is 4.83. The lowest BCUT2D eigenvalue weighted by atomic mass is 10.0. The van der Waals surface area contributed by atoms with Gasteiger partial charge in [-0.25, -0.2) is 4.98 Å². The number of nitrogens with one attached hydrogen (secondary N) is 1. The molecule has 0 aliphatic carbocycles. The fraction of sp³-hybridized carbons (Fsp3) is 0.368. The number of aromatic nitrogens is 5. The zero-order chi connectivity index (χ0) is 19.0. The molecule has 0 aliphatic rings. The van der Waals surface area contributed by atoms with Crippen LogP contribution in [0.2, 0.25) is 0 Å². The molecule has 27 heavy (non-hydrogen) atoms. The van der Waals surface area contributed by atoms with Crippen molar-refractivity contribution in [1.29, 1.82) is 0 Å². The Hall–Kier alpha value is -3.00. The van der Waals surface area contributed by atoms with Crippen LogP contribution in [0.5, 0.6) is 0 Å². The zero-order valence-electron chi connectivity index (χ0n) is 15.8. The highest BCUT2D eigenvalue weighted by Crippen LogP contribution is 2.30. The van der Waals surface area contributed by atoms with Gasteiger partial charge in [-0.05, 0) is 57.9 Å². The van der Waals surface area contributed by atoms with Crippen molar-refractivity contribution < 1.29 is 4.52 Å². The van der Waals surface area contributed by atoms with Crippen molar-refractivity contribution in [2.24, 2.45) is 5.73 Å². The van der Waals surface area contributed by atoms with Gasteiger partial charge in [-0.3, -0.25) is 4.40 Å². The maximum atomic E-state index is 5.58. The largest absolute Gasteiger partial charge is 0.367 e. The first-order chi connectivity index (χ1) is 13.1. The molecular weight excluding hydrogens is 342 g/mol. The van der Waals surface area contributed by atoms with Crippen LogP contribution < -0.4 is 11.1 Å². The highest BCUT2D eigenvalue weighted by atomic mass is 16.5. The first kappa shape index (κ1) is 17.4. The minimum Gasteiger partial charge on any atom is -0.367 e. The van der Waals surface area contributed by atoms with Crippen molar-refractivity contribution in [2.75, 3.05) is 18.4 Å². The average molecular weight is 365 g/mol. The number of fused-ring (bicyclic) bond motifs is 3. The second-order valence-electron chi connectivity index (χ2n) is 6.69. The van der Waals surface area contributed by atoms with Crippen LogP contribution in [0.4, 0.5) is 5.82 Å². The van der Waals surface area contributed by atoms with Crippen molar-refractivity contribution in [3.8, 4) is 11.1 Å². The number of benzene rings is 1. The van der Waals surface area contributed by atoms with Crippen molar-refractivity contribution in [3.05, 3.63) is 35.5 Å². The SMILES string of the molecule is Cc1noc(C)c1-c1ccc2c(c1)nc(NCCCCN)c1nnc(C)n12.